The van der Waals surface area contributed by atoms with E-state index in [1.54, 1.807) is 12.4 Å². The Morgan fingerprint density at radius 3 is 2.40 bits per heavy atom. The molecule has 2 aliphatic carbocycles. The molecule has 1 aromatic heterocycles. The van der Waals surface area contributed by atoms with E-state index in [9.17, 15) is 4.79 Å². The number of carboxylic acids is 1. The molecule has 2 bridgehead atoms. The predicted octanol–water partition coefficient (Wildman–Crippen LogP) is 4.45. The molecule has 4 heteroatoms. The Labute approximate surface area is 147 Å². The summed E-state index contributed by atoms with van der Waals surface area (Å²) in [5.41, 5.74) is 6.83. The van der Waals surface area contributed by atoms with Crippen LogP contribution < -0.4 is 0 Å². The van der Waals surface area contributed by atoms with E-state index in [4.69, 9.17) is 5.11 Å². The molecule has 1 fully saturated rings. The fourth-order valence-corrected chi connectivity index (χ4v) is 4.72. The van der Waals surface area contributed by atoms with Crippen molar-refractivity contribution >= 4 is 17.6 Å². The van der Waals surface area contributed by atoms with Crippen LogP contribution in [0.5, 0.6) is 0 Å². The van der Waals surface area contributed by atoms with Crippen LogP contribution in [0.15, 0.2) is 30.6 Å². The molecule has 4 nitrogen and oxygen atoms in total. The fourth-order valence-electron chi connectivity index (χ4n) is 4.72. The number of allylic oxidation sites excluding steroid dienone is 1. The van der Waals surface area contributed by atoms with Gasteiger partial charge in [-0.1, -0.05) is 32.0 Å². The van der Waals surface area contributed by atoms with Gasteiger partial charge in [0.25, 0.3) is 0 Å². The average Bonchev–Trinajstić information content (AvgIpc) is 3.02. The van der Waals surface area contributed by atoms with Crippen LogP contribution >= 0.6 is 0 Å². The minimum absolute atomic E-state index is 0.176. The van der Waals surface area contributed by atoms with Crippen molar-refractivity contribution in [3.05, 3.63) is 58.7 Å². The number of rotatable bonds is 3. The van der Waals surface area contributed by atoms with Gasteiger partial charge in [0.2, 0.25) is 5.82 Å². The quantitative estimate of drug-likeness (QED) is 0.901. The third-order valence-electron chi connectivity index (χ3n) is 6.03. The van der Waals surface area contributed by atoms with E-state index in [2.05, 4.69) is 48.9 Å². The van der Waals surface area contributed by atoms with Crippen molar-refractivity contribution in [2.75, 3.05) is 0 Å². The molecule has 25 heavy (non-hydrogen) atoms. The van der Waals surface area contributed by atoms with Crippen LogP contribution in [-0.4, -0.2) is 21.0 Å². The van der Waals surface area contributed by atoms with Crippen molar-refractivity contribution < 1.29 is 9.90 Å². The molecule has 2 unspecified atom stereocenters. The van der Waals surface area contributed by atoms with Gasteiger partial charge in [-0.15, -0.1) is 0 Å². The lowest BCUT2D eigenvalue weighted by Gasteiger charge is -2.27. The summed E-state index contributed by atoms with van der Waals surface area (Å²) in [6.07, 6.45) is 8.93. The summed E-state index contributed by atoms with van der Waals surface area (Å²) in [4.78, 5) is 18.6. The number of fused-ring (bicyclic) bond motifs is 5. The van der Waals surface area contributed by atoms with E-state index >= 15 is 0 Å². The Hall–Kier alpha value is -2.49. The summed E-state index contributed by atoms with van der Waals surface area (Å²) >= 11 is 0. The molecule has 2 aromatic rings. The number of aromatic carboxylic acids is 1. The van der Waals surface area contributed by atoms with Gasteiger partial charge in [-0.2, -0.15) is 0 Å². The number of benzene rings is 1. The fraction of sp³-hybridized carbons (Fsp3) is 0.381. The van der Waals surface area contributed by atoms with Crippen molar-refractivity contribution in [2.24, 2.45) is 0 Å². The number of carbonyl (C=O) groups is 1. The van der Waals surface area contributed by atoms with E-state index in [1.165, 1.54) is 36.0 Å². The van der Waals surface area contributed by atoms with Crippen LogP contribution in [-0.2, 0) is 10.8 Å². The zero-order valence-corrected chi connectivity index (χ0v) is 14.8. The standard InChI is InChI=1S/C21H22N2O2/c1-13(8-14-10-22-18(19(24)25)23-11-14)15-4-5-16-17(9-15)21(3)7-6-20(16,2)12-21/h4-5,8-11H,6-7,12H2,1-3H3,(H,24,25)/b13-8+. The first-order valence-electron chi connectivity index (χ1n) is 8.70. The van der Waals surface area contributed by atoms with Gasteiger partial charge in [0, 0.05) is 18.0 Å². The third-order valence-corrected chi connectivity index (χ3v) is 6.03. The number of nitrogens with zero attached hydrogens (tertiary/aromatic N) is 2. The second kappa shape index (κ2) is 5.25. The first kappa shape index (κ1) is 16.0. The Balaban J connectivity index is 1.68. The van der Waals surface area contributed by atoms with E-state index in [-0.39, 0.29) is 5.82 Å². The van der Waals surface area contributed by atoms with E-state index in [1.807, 2.05) is 6.08 Å². The van der Waals surface area contributed by atoms with Gasteiger partial charge in [0.05, 0.1) is 0 Å². The lowest BCUT2D eigenvalue weighted by molar-refractivity contribution is 0.0683. The van der Waals surface area contributed by atoms with Crippen molar-refractivity contribution in [2.45, 2.75) is 50.9 Å². The third kappa shape index (κ3) is 2.48. The highest BCUT2D eigenvalue weighted by atomic mass is 16.4. The van der Waals surface area contributed by atoms with Gasteiger partial charge >= 0.3 is 5.97 Å². The molecule has 0 aliphatic heterocycles. The molecule has 0 amide bonds. The zero-order valence-electron chi connectivity index (χ0n) is 14.8. The highest BCUT2D eigenvalue weighted by Gasteiger charge is 2.52. The first-order chi connectivity index (χ1) is 11.8. The normalized spacial score (nSPS) is 27.4. The van der Waals surface area contributed by atoms with Crippen LogP contribution in [0.4, 0.5) is 0 Å². The topological polar surface area (TPSA) is 63.1 Å². The smallest absolute Gasteiger partial charge is 0.373 e. The summed E-state index contributed by atoms with van der Waals surface area (Å²) in [6.45, 7) is 6.86. The highest BCUT2D eigenvalue weighted by molar-refractivity contribution is 5.84. The largest absolute Gasteiger partial charge is 0.475 e. The Kier molecular flexibility index (Phi) is 3.36. The number of hydrogen-bond acceptors (Lipinski definition) is 3. The van der Waals surface area contributed by atoms with Gasteiger partial charge in [0.15, 0.2) is 0 Å². The zero-order chi connectivity index (χ0) is 17.8. The first-order valence-corrected chi connectivity index (χ1v) is 8.70. The maximum atomic E-state index is 10.8. The van der Waals surface area contributed by atoms with Gasteiger partial charge in [-0.3, -0.25) is 0 Å². The summed E-state index contributed by atoms with van der Waals surface area (Å²) < 4.78 is 0. The van der Waals surface area contributed by atoms with Crippen LogP contribution in [0.25, 0.3) is 11.6 Å². The van der Waals surface area contributed by atoms with Crippen molar-refractivity contribution in [3.63, 3.8) is 0 Å². The molecule has 1 heterocycles. The van der Waals surface area contributed by atoms with Gasteiger partial charge in [0.1, 0.15) is 0 Å². The van der Waals surface area contributed by atoms with Crippen LogP contribution in [0.3, 0.4) is 0 Å². The molecular formula is C21H22N2O2. The van der Waals surface area contributed by atoms with E-state index in [0.717, 1.165) is 11.1 Å². The maximum Gasteiger partial charge on any atom is 0.373 e. The van der Waals surface area contributed by atoms with Crippen LogP contribution in [0, 0.1) is 0 Å². The Bertz CT molecular complexity index is 901. The van der Waals surface area contributed by atoms with Crippen molar-refractivity contribution in [1.82, 2.24) is 9.97 Å². The van der Waals surface area contributed by atoms with E-state index < -0.39 is 5.97 Å². The monoisotopic (exact) mass is 334 g/mol. The summed E-state index contributed by atoms with van der Waals surface area (Å²) in [5, 5.41) is 8.88. The number of carboxylic acid groups (broad SMARTS) is 1. The minimum atomic E-state index is -1.11. The Morgan fingerprint density at radius 1 is 1.12 bits per heavy atom. The van der Waals surface area contributed by atoms with Gasteiger partial charge < -0.3 is 5.11 Å². The summed E-state index contributed by atoms with van der Waals surface area (Å²) in [5.74, 6) is -1.29. The minimum Gasteiger partial charge on any atom is -0.475 e. The molecular weight excluding hydrogens is 312 g/mol. The van der Waals surface area contributed by atoms with E-state index in [0.29, 0.717) is 10.8 Å². The second-order valence-corrected chi connectivity index (χ2v) is 8.03. The number of aromatic nitrogens is 2. The second-order valence-electron chi connectivity index (χ2n) is 8.03. The molecule has 0 spiro atoms. The van der Waals surface area contributed by atoms with Gasteiger partial charge in [-0.25, -0.2) is 14.8 Å². The average molecular weight is 334 g/mol. The molecule has 0 saturated heterocycles. The molecule has 4 rings (SSSR count). The molecule has 1 aromatic carbocycles. The molecule has 1 N–H and O–H groups in total. The molecule has 1 saturated carbocycles. The predicted molar refractivity (Wildman–Crippen MR) is 97.5 cm³/mol. The SMILES string of the molecule is C/C(=C\c1cnc(C(=O)O)nc1)c1ccc2c(c1)C1(C)CCC2(C)C1. The maximum absolute atomic E-state index is 10.8. The summed E-state index contributed by atoms with van der Waals surface area (Å²) in [7, 11) is 0. The van der Waals surface area contributed by atoms with Crippen molar-refractivity contribution in [3.8, 4) is 0 Å². The summed E-state index contributed by atoms with van der Waals surface area (Å²) in [6, 6.07) is 6.85. The number of hydrogen-bond donors (Lipinski definition) is 1. The Morgan fingerprint density at radius 2 is 1.76 bits per heavy atom. The molecule has 2 atom stereocenters. The van der Waals surface area contributed by atoms with Gasteiger partial charge in [-0.05, 0) is 65.4 Å². The molecule has 0 radical (unpaired) electrons. The van der Waals surface area contributed by atoms with Crippen LogP contribution in [0.1, 0.15) is 72.9 Å². The molecule has 128 valence electrons. The highest BCUT2D eigenvalue weighted by Crippen LogP contribution is 2.60. The molecule has 2 aliphatic rings. The van der Waals surface area contributed by atoms with Crippen molar-refractivity contribution in [1.29, 1.82) is 0 Å². The lowest BCUT2D eigenvalue weighted by atomic mass is 9.77. The lowest BCUT2D eigenvalue weighted by Crippen LogP contribution is -2.18. The van der Waals surface area contributed by atoms with Crippen LogP contribution in [0.2, 0.25) is 0 Å².